The number of rotatable bonds is 7. The van der Waals surface area contributed by atoms with Gasteiger partial charge in [-0.05, 0) is 57.9 Å². The van der Waals surface area contributed by atoms with Crippen LogP contribution in [0.5, 0.6) is 5.88 Å². The van der Waals surface area contributed by atoms with E-state index in [1.165, 1.54) is 12.1 Å². The molecule has 0 unspecified atom stereocenters. The Morgan fingerprint density at radius 3 is 2.33 bits per heavy atom. The Labute approximate surface area is 228 Å². The molecule has 0 atom stereocenters. The highest BCUT2D eigenvalue weighted by Crippen LogP contribution is 2.31. The number of hydrogen-bond acceptors (Lipinski definition) is 9. The second-order valence-electron chi connectivity index (χ2n) is 9.78. The van der Waals surface area contributed by atoms with Gasteiger partial charge in [-0.1, -0.05) is 0 Å². The van der Waals surface area contributed by atoms with E-state index in [1.807, 2.05) is 6.92 Å². The maximum absolute atomic E-state index is 12.7. The van der Waals surface area contributed by atoms with Crippen LogP contribution in [0.3, 0.4) is 0 Å². The summed E-state index contributed by atoms with van der Waals surface area (Å²) in [4.78, 5) is 18.3. The number of aryl methyl sites for hydroxylation is 1. The minimum absolute atomic E-state index is 0.000510. The molecule has 40 heavy (non-hydrogen) atoms. The zero-order valence-corrected chi connectivity index (χ0v) is 22.7. The van der Waals surface area contributed by atoms with E-state index in [1.54, 1.807) is 12.1 Å². The van der Waals surface area contributed by atoms with E-state index in [9.17, 15) is 21.6 Å². The largest absolute Gasteiger partial charge is 0.474 e. The summed E-state index contributed by atoms with van der Waals surface area (Å²) in [6.45, 7) is 8.09. The van der Waals surface area contributed by atoms with Gasteiger partial charge in [0, 0.05) is 48.5 Å². The van der Waals surface area contributed by atoms with Gasteiger partial charge >= 0.3 is 6.18 Å². The van der Waals surface area contributed by atoms with Gasteiger partial charge in [0.2, 0.25) is 5.88 Å². The van der Waals surface area contributed by atoms with Crippen LogP contribution in [0.15, 0.2) is 41.8 Å². The first-order valence-corrected chi connectivity index (χ1v) is 14.0. The lowest BCUT2D eigenvalue weighted by molar-refractivity contribution is -0.138. The van der Waals surface area contributed by atoms with Gasteiger partial charge in [-0.3, -0.25) is 9.82 Å². The van der Waals surface area contributed by atoms with Crippen molar-refractivity contribution in [1.29, 1.82) is 0 Å². The number of likely N-dealkylation sites (tertiary alicyclic amines) is 1. The molecule has 0 radical (unpaired) electrons. The molecule has 5 rings (SSSR count). The summed E-state index contributed by atoms with van der Waals surface area (Å²) >= 11 is 0. The lowest BCUT2D eigenvalue weighted by Gasteiger charge is -2.34. The maximum Gasteiger partial charge on any atom is 0.419 e. The van der Waals surface area contributed by atoms with E-state index in [-0.39, 0.29) is 11.8 Å². The van der Waals surface area contributed by atoms with Gasteiger partial charge in [-0.25, -0.2) is 15.0 Å². The van der Waals surface area contributed by atoms with Crippen LogP contribution in [-0.2, 0) is 16.2 Å². The van der Waals surface area contributed by atoms with Gasteiger partial charge in [-0.2, -0.15) is 31.7 Å². The molecule has 11 nitrogen and oxygen atoms in total. The molecule has 1 aromatic carbocycles. The maximum atomic E-state index is 12.7. The highest BCUT2D eigenvalue weighted by atomic mass is 32.2. The molecule has 1 fully saturated rings. The van der Waals surface area contributed by atoms with Crippen LogP contribution >= 0.6 is 0 Å². The van der Waals surface area contributed by atoms with E-state index in [2.05, 4.69) is 53.6 Å². The lowest BCUT2D eigenvalue weighted by Crippen LogP contribution is -2.41. The minimum atomic E-state index is -4.68. The zero-order valence-electron chi connectivity index (χ0n) is 21.9. The molecule has 4 heterocycles. The monoisotopic (exact) mass is 576 g/mol. The lowest BCUT2D eigenvalue weighted by atomic mass is 10.1. The van der Waals surface area contributed by atoms with Gasteiger partial charge in [0.1, 0.15) is 11.5 Å². The first kappa shape index (κ1) is 27.7. The van der Waals surface area contributed by atoms with Crippen molar-refractivity contribution in [3.63, 3.8) is 0 Å². The number of benzene rings is 1. The number of ether oxygens (including phenoxy) is 1. The second-order valence-corrected chi connectivity index (χ2v) is 11.4. The van der Waals surface area contributed by atoms with Crippen LogP contribution in [0, 0.1) is 6.92 Å². The molecule has 0 amide bonds. The van der Waals surface area contributed by atoms with Crippen molar-refractivity contribution < 1.29 is 26.3 Å². The summed E-state index contributed by atoms with van der Waals surface area (Å²) in [6, 6.07) is 6.64. The van der Waals surface area contributed by atoms with Crippen LogP contribution < -0.4 is 9.46 Å². The number of H-pyrrole nitrogens is 1. The van der Waals surface area contributed by atoms with E-state index >= 15 is 0 Å². The third-order valence-electron chi connectivity index (χ3n) is 6.64. The fourth-order valence-electron chi connectivity index (χ4n) is 4.40. The van der Waals surface area contributed by atoms with Gasteiger partial charge in [0.25, 0.3) is 15.2 Å². The first-order valence-electron chi connectivity index (χ1n) is 12.6. The second kappa shape index (κ2) is 10.6. The summed E-state index contributed by atoms with van der Waals surface area (Å²) in [5, 5.41) is 7.12. The summed E-state index contributed by atoms with van der Waals surface area (Å²) in [7, 11) is -4.32. The number of fused-ring (bicyclic) bond motifs is 1. The van der Waals surface area contributed by atoms with Crippen LogP contribution in [0.1, 0.15) is 37.9 Å². The van der Waals surface area contributed by atoms with Crippen molar-refractivity contribution in [2.75, 3.05) is 17.8 Å². The first-order chi connectivity index (χ1) is 18.9. The van der Waals surface area contributed by atoms with Crippen molar-refractivity contribution in [3.8, 4) is 17.3 Å². The van der Waals surface area contributed by atoms with Crippen molar-refractivity contribution in [1.82, 2.24) is 35.0 Å². The Morgan fingerprint density at radius 1 is 1.07 bits per heavy atom. The highest BCUT2D eigenvalue weighted by Gasteiger charge is 2.32. The van der Waals surface area contributed by atoms with E-state index in [4.69, 9.17) is 4.74 Å². The van der Waals surface area contributed by atoms with Crippen molar-refractivity contribution >= 4 is 26.7 Å². The number of sulfonamides is 1. The van der Waals surface area contributed by atoms with E-state index < -0.39 is 26.9 Å². The predicted octanol–water partition coefficient (Wildman–Crippen LogP) is 4.19. The Hall–Kier alpha value is -3.85. The van der Waals surface area contributed by atoms with Crippen LogP contribution in [0.2, 0.25) is 0 Å². The minimum Gasteiger partial charge on any atom is -0.474 e. The number of alkyl halides is 3. The molecule has 0 saturated carbocycles. The summed E-state index contributed by atoms with van der Waals surface area (Å²) < 4.78 is 72.0. The Kier molecular flexibility index (Phi) is 7.35. The van der Waals surface area contributed by atoms with Gasteiger partial charge < -0.3 is 9.64 Å². The molecule has 0 spiro atoms. The quantitative estimate of drug-likeness (QED) is 0.310. The van der Waals surface area contributed by atoms with E-state index in [0.717, 1.165) is 31.6 Å². The normalized spacial score (nSPS) is 15.6. The highest BCUT2D eigenvalue weighted by molar-refractivity contribution is 7.92. The smallest absolute Gasteiger partial charge is 0.419 e. The van der Waals surface area contributed by atoms with Gasteiger partial charge in [0.05, 0.1) is 5.56 Å². The Balaban J connectivity index is 1.35. The third kappa shape index (κ3) is 5.84. The standard InChI is InChI=1S/C25H27F3N8O3S/c1-14(2)36-10-8-19(9-11-36)39-23-20-15(3)33-34-22(20)31-21(32-23)16-4-6-18(7-5-16)35-40(37,38)24-29-12-17(13-30-24)25(26,27)28/h4-7,12-14,19,35H,8-11H2,1-3H3,(H,31,32,33,34). The van der Waals surface area contributed by atoms with Gasteiger partial charge in [-0.15, -0.1) is 0 Å². The van der Waals surface area contributed by atoms with Crippen LogP contribution in [0.4, 0.5) is 18.9 Å². The van der Waals surface area contributed by atoms with Crippen molar-refractivity contribution in [2.45, 2.75) is 57.1 Å². The molecule has 1 aliphatic rings. The SMILES string of the molecule is Cc1[nH]nc2nc(-c3ccc(NS(=O)(=O)c4ncc(C(F)(F)F)cn4)cc3)nc(OC3CCN(C(C)C)CC3)c12. The number of nitrogens with zero attached hydrogens (tertiary/aromatic N) is 6. The zero-order chi connectivity index (χ0) is 28.7. The number of hydrogen-bond donors (Lipinski definition) is 2. The number of piperidine rings is 1. The predicted molar refractivity (Wildman–Crippen MR) is 140 cm³/mol. The third-order valence-corrected chi connectivity index (χ3v) is 7.83. The van der Waals surface area contributed by atoms with Gasteiger partial charge in [0.15, 0.2) is 11.5 Å². The summed E-state index contributed by atoms with van der Waals surface area (Å²) in [5.74, 6) is 0.771. The van der Waals surface area contributed by atoms with Crippen molar-refractivity contribution in [3.05, 3.63) is 47.9 Å². The number of aromatic nitrogens is 6. The van der Waals surface area contributed by atoms with Crippen molar-refractivity contribution in [2.24, 2.45) is 0 Å². The van der Waals surface area contributed by atoms with Crippen LogP contribution in [0.25, 0.3) is 22.4 Å². The molecular formula is C25H27F3N8O3S. The van der Waals surface area contributed by atoms with E-state index in [0.29, 0.717) is 46.7 Å². The summed E-state index contributed by atoms with van der Waals surface area (Å²) in [6.07, 6.45) is -2.10. The molecule has 2 N–H and O–H groups in total. The molecule has 0 aliphatic carbocycles. The summed E-state index contributed by atoms with van der Waals surface area (Å²) in [5.41, 5.74) is 0.810. The number of nitrogens with one attached hydrogen (secondary N) is 2. The molecule has 1 aliphatic heterocycles. The molecular weight excluding hydrogens is 549 g/mol. The average Bonchev–Trinajstić information content (AvgIpc) is 3.29. The fourth-order valence-corrected chi connectivity index (χ4v) is 5.32. The Bertz CT molecular complexity index is 1600. The number of halogens is 3. The molecule has 4 aromatic rings. The topological polar surface area (TPSA) is 139 Å². The Morgan fingerprint density at radius 2 is 1.73 bits per heavy atom. The molecule has 212 valence electrons. The molecule has 3 aromatic heterocycles. The van der Waals surface area contributed by atoms with Crippen LogP contribution in [-0.4, -0.2) is 68.7 Å². The molecule has 1 saturated heterocycles. The average molecular weight is 577 g/mol. The molecule has 15 heteroatoms. The number of aromatic amines is 1. The molecule has 0 bridgehead atoms. The number of anilines is 1. The fraction of sp³-hybridized carbons (Fsp3) is 0.400.